The molecular weight excluding hydrogens is 538 g/mol. The van der Waals surface area contributed by atoms with Crippen molar-refractivity contribution in [3.8, 4) is 0 Å². The quantitative estimate of drug-likeness (QED) is 0.0899. The fourth-order valence-electron chi connectivity index (χ4n) is 6.16. The van der Waals surface area contributed by atoms with E-state index in [1.807, 2.05) is 6.08 Å². The molecule has 2 fully saturated rings. The van der Waals surface area contributed by atoms with Gasteiger partial charge in [-0.15, -0.1) is 0 Å². The third kappa shape index (κ3) is 8.55. The topological polar surface area (TPSA) is 269 Å². The molecule has 2 heterocycles. The smallest absolute Gasteiger partial charge is 0.185 e. The molecule has 15 heteroatoms. The van der Waals surface area contributed by atoms with Crippen LogP contribution in [0.2, 0.25) is 0 Å². The van der Waals surface area contributed by atoms with Gasteiger partial charge in [-0.1, -0.05) is 0 Å². The second-order valence-corrected chi connectivity index (χ2v) is 11.7. The Bertz CT molecular complexity index is 827. The Hall–Kier alpha value is -1.02. The van der Waals surface area contributed by atoms with Crippen molar-refractivity contribution >= 4 is 0 Å². The van der Waals surface area contributed by atoms with Crippen LogP contribution in [0.25, 0.3) is 0 Å². The first-order chi connectivity index (χ1) is 19.5. The number of hydrogen-bond donors (Lipinski definition) is 12. The molecule has 15 nitrogen and oxygen atoms in total. The number of nitrogens with one attached hydrogen (secondary N) is 3. The number of hydrogen-bond acceptors (Lipinski definition) is 15. The lowest BCUT2D eigenvalue weighted by Crippen LogP contribution is -2.69. The standard InChI is InChI=1S/C26H53N7O8/c1-26(38)12-39-25(21(37)24(26)31-2)41-23-18(33-11-14(35)8-28)7-16(30)19(20(23)36)22-17(4-3-15(9-29)40-22)32-10-13(34)5-6-27/h3,13-14,16-25,31-38H,4-12,27-30H2,1-2H3. The molecule has 41 heavy (non-hydrogen) atoms. The van der Waals surface area contributed by atoms with Crippen molar-refractivity contribution in [3.05, 3.63) is 11.8 Å². The molecule has 0 aromatic heterocycles. The number of ether oxygens (including phenoxy) is 3. The Balaban J connectivity index is 1.86. The van der Waals surface area contributed by atoms with E-state index in [1.54, 1.807) is 14.0 Å². The summed E-state index contributed by atoms with van der Waals surface area (Å²) < 4.78 is 18.3. The molecule has 1 saturated carbocycles. The van der Waals surface area contributed by atoms with E-state index in [1.165, 1.54) is 0 Å². The maximum Gasteiger partial charge on any atom is 0.185 e. The van der Waals surface area contributed by atoms with Gasteiger partial charge in [-0.3, -0.25) is 0 Å². The minimum Gasteiger partial charge on any atom is -0.492 e. The first kappa shape index (κ1) is 34.5. The van der Waals surface area contributed by atoms with E-state index in [2.05, 4.69) is 16.0 Å². The molecule has 3 aliphatic rings. The zero-order valence-electron chi connectivity index (χ0n) is 24.1. The van der Waals surface area contributed by atoms with Crippen LogP contribution in [0.1, 0.15) is 26.2 Å². The zero-order chi connectivity index (χ0) is 30.3. The Labute approximate surface area is 241 Å². The first-order valence-corrected chi connectivity index (χ1v) is 14.5. The highest BCUT2D eigenvalue weighted by Gasteiger charge is 2.53. The van der Waals surface area contributed by atoms with Crippen molar-refractivity contribution < 1.29 is 39.7 Å². The molecule has 1 aliphatic carbocycles. The van der Waals surface area contributed by atoms with Crippen LogP contribution in [0.3, 0.4) is 0 Å². The van der Waals surface area contributed by atoms with Crippen LogP contribution in [0.5, 0.6) is 0 Å². The van der Waals surface area contributed by atoms with Crippen LogP contribution >= 0.6 is 0 Å². The summed E-state index contributed by atoms with van der Waals surface area (Å²) in [6.07, 6.45) is -3.45. The molecule has 240 valence electrons. The molecule has 2 aliphatic heterocycles. The highest BCUT2D eigenvalue weighted by atomic mass is 16.7. The Kier molecular flexibility index (Phi) is 13.1. The second kappa shape index (κ2) is 15.6. The van der Waals surface area contributed by atoms with Crippen LogP contribution in [0.15, 0.2) is 11.8 Å². The van der Waals surface area contributed by atoms with Crippen molar-refractivity contribution in [2.24, 2.45) is 28.9 Å². The number of aliphatic hydroxyl groups is 5. The monoisotopic (exact) mass is 591 g/mol. The van der Waals surface area contributed by atoms with Gasteiger partial charge in [-0.2, -0.15) is 0 Å². The lowest BCUT2D eigenvalue weighted by Gasteiger charge is -2.51. The minimum absolute atomic E-state index is 0.0410. The summed E-state index contributed by atoms with van der Waals surface area (Å²) in [6.45, 7) is 2.42. The predicted molar refractivity (Wildman–Crippen MR) is 151 cm³/mol. The Morgan fingerprint density at radius 2 is 1.78 bits per heavy atom. The molecule has 13 atom stereocenters. The zero-order valence-corrected chi connectivity index (χ0v) is 24.1. The summed E-state index contributed by atoms with van der Waals surface area (Å²) in [6, 6.07) is -2.14. The largest absolute Gasteiger partial charge is 0.492 e. The fraction of sp³-hybridized carbons (Fsp3) is 0.923. The Morgan fingerprint density at radius 3 is 2.41 bits per heavy atom. The molecule has 3 rings (SSSR count). The summed E-state index contributed by atoms with van der Waals surface area (Å²) >= 11 is 0. The summed E-state index contributed by atoms with van der Waals surface area (Å²) in [5.74, 6) is -0.0651. The Morgan fingerprint density at radius 1 is 1.10 bits per heavy atom. The van der Waals surface area contributed by atoms with Crippen LogP contribution in [-0.2, 0) is 14.2 Å². The van der Waals surface area contributed by atoms with E-state index < -0.39 is 72.6 Å². The van der Waals surface area contributed by atoms with Gasteiger partial charge in [0.1, 0.15) is 29.7 Å². The van der Waals surface area contributed by atoms with E-state index in [0.717, 1.165) is 0 Å². The van der Waals surface area contributed by atoms with Gasteiger partial charge in [0.25, 0.3) is 0 Å². The fourth-order valence-corrected chi connectivity index (χ4v) is 6.16. The van der Waals surface area contributed by atoms with Crippen molar-refractivity contribution in [3.63, 3.8) is 0 Å². The van der Waals surface area contributed by atoms with Gasteiger partial charge < -0.3 is 78.6 Å². The van der Waals surface area contributed by atoms with E-state index in [0.29, 0.717) is 31.6 Å². The first-order valence-electron chi connectivity index (χ1n) is 14.5. The summed E-state index contributed by atoms with van der Waals surface area (Å²) in [5, 5.41) is 63.4. The van der Waals surface area contributed by atoms with Crippen molar-refractivity contribution in [2.45, 2.75) is 98.9 Å². The van der Waals surface area contributed by atoms with E-state index in [-0.39, 0.29) is 38.8 Å². The van der Waals surface area contributed by atoms with Gasteiger partial charge >= 0.3 is 0 Å². The van der Waals surface area contributed by atoms with Gasteiger partial charge in [0.15, 0.2) is 6.29 Å². The van der Waals surface area contributed by atoms with Crippen LogP contribution in [0, 0.1) is 5.92 Å². The molecule has 0 radical (unpaired) electrons. The third-order valence-electron chi connectivity index (χ3n) is 8.45. The van der Waals surface area contributed by atoms with Gasteiger partial charge in [0.2, 0.25) is 0 Å². The average molecular weight is 592 g/mol. The highest BCUT2D eigenvalue weighted by Crippen LogP contribution is 2.37. The summed E-state index contributed by atoms with van der Waals surface area (Å²) in [7, 11) is 1.62. The SMILES string of the molecule is CNC1C(O)C(OC2C(NCC(O)CN)CC(N)C(C3OC(CN)=CCC3NCC(O)CCN)C2O)OCC1(C)O. The number of aliphatic hydroxyl groups excluding tert-OH is 4. The lowest BCUT2D eigenvalue weighted by atomic mass is 9.72. The van der Waals surface area contributed by atoms with Gasteiger partial charge in [0, 0.05) is 43.7 Å². The van der Waals surface area contributed by atoms with Crippen molar-refractivity contribution in [2.75, 3.05) is 46.4 Å². The molecule has 0 bridgehead atoms. The third-order valence-corrected chi connectivity index (χ3v) is 8.45. The molecule has 16 N–H and O–H groups in total. The number of rotatable bonds is 14. The maximum absolute atomic E-state index is 11.9. The minimum atomic E-state index is -1.35. The van der Waals surface area contributed by atoms with E-state index in [4.69, 9.17) is 37.1 Å². The molecule has 0 aromatic rings. The highest BCUT2D eigenvalue weighted by molar-refractivity contribution is 5.11. The molecule has 0 amide bonds. The molecular formula is C26H53N7O8. The van der Waals surface area contributed by atoms with Gasteiger partial charge in [0.05, 0.1) is 37.5 Å². The van der Waals surface area contributed by atoms with E-state index >= 15 is 0 Å². The normalized spacial score (nSPS) is 41.4. The molecule has 0 aromatic carbocycles. The predicted octanol–water partition coefficient (Wildman–Crippen LogP) is -5.29. The van der Waals surface area contributed by atoms with Crippen molar-refractivity contribution in [1.29, 1.82) is 0 Å². The van der Waals surface area contributed by atoms with Crippen LogP contribution in [0.4, 0.5) is 0 Å². The van der Waals surface area contributed by atoms with Crippen LogP contribution < -0.4 is 38.9 Å². The number of likely N-dealkylation sites (N-methyl/N-ethyl adjacent to an activating group) is 1. The molecule has 13 unspecified atom stereocenters. The number of nitrogens with two attached hydrogens (primary N) is 4. The van der Waals surface area contributed by atoms with Gasteiger partial charge in [-0.25, -0.2) is 0 Å². The van der Waals surface area contributed by atoms with Gasteiger partial charge in [-0.05, 0) is 45.9 Å². The van der Waals surface area contributed by atoms with Crippen LogP contribution in [-0.4, -0.2) is 145 Å². The average Bonchev–Trinajstić information content (AvgIpc) is 2.93. The molecule has 0 spiro atoms. The van der Waals surface area contributed by atoms with Crippen molar-refractivity contribution in [1.82, 2.24) is 16.0 Å². The lowest BCUT2D eigenvalue weighted by molar-refractivity contribution is -0.298. The molecule has 1 saturated heterocycles. The summed E-state index contributed by atoms with van der Waals surface area (Å²) in [5.41, 5.74) is 22.4. The van der Waals surface area contributed by atoms with E-state index in [9.17, 15) is 25.5 Å². The maximum atomic E-state index is 11.9. The summed E-state index contributed by atoms with van der Waals surface area (Å²) in [4.78, 5) is 0. The second-order valence-electron chi connectivity index (χ2n) is 11.7.